The van der Waals surface area contributed by atoms with E-state index in [0.29, 0.717) is 29.3 Å². The number of aliphatic hydroxyl groups is 1. The average Bonchev–Trinajstić information content (AvgIpc) is 3.17. The third-order valence-corrected chi connectivity index (χ3v) is 3.84. The lowest BCUT2D eigenvalue weighted by molar-refractivity contribution is -0.124. The van der Waals surface area contributed by atoms with Gasteiger partial charge < -0.3 is 30.0 Å². The van der Waals surface area contributed by atoms with Crippen molar-refractivity contribution in [3.63, 3.8) is 0 Å². The first kappa shape index (κ1) is 18.5. The quantitative estimate of drug-likeness (QED) is 0.600. The van der Waals surface area contributed by atoms with Crippen LogP contribution in [0, 0.1) is 0 Å². The molecule has 1 amide bonds. The van der Waals surface area contributed by atoms with Gasteiger partial charge in [-0.25, -0.2) is 4.79 Å². The van der Waals surface area contributed by atoms with E-state index in [4.69, 9.17) is 19.3 Å². The number of benzene rings is 2. The number of fused-ring (bicyclic) bond motifs is 1. The van der Waals surface area contributed by atoms with Gasteiger partial charge in [-0.05, 0) is 29.8 Å². The topological polar surface area (TPSA) is 106 Å². The maximum atomic E-state index is 12.2. The number of hydrogen-bond acceptors (Lipinski definition) is 7. The molecule has 8 nitrogen and oxygen atoms in total. The minimum Gasteiger partial charge on any atom is -0.454 e. The van der Waals surface area contributed by atoms with E-state index in [0.717, 1.165) is 5.56 Å². The van der Waals surface area contributed by atoms with Gasteiger partial charge >= 0.3 is 5.97 Å². The second-order valence-electron chi connectivity index (χ2n) is 5.74. The van der Waals surface area contributed by atoms with E-state index < -0.39 is 18.5 Å². The Kier molecular flexibility index (Phi) is 6.11. The third kappa shape index (κ3) is 4.89. The Balaban J connectivity index is 1.48. The van der Waals surface area contributed by atoms with Crippen LogP contribution in [0.5, 0.6) is 11.5 Å². The van der Waals surface area contributed by atoms with Gasteiger partial charge in [0.05, 0.1) is 12.2 Å². The van der Waals surface area contributed by atoms with Gasteiger partial charge in [-0.2, -0.15) is 0 Å². The monoisotopic (exact) mass is 372 g/mol. The molecule has 0 unspecified atom stereocenters. The van der Waals surface area contributed by atoms with Crippen LogP contribution in [0.15, 0.2) is 42.5 Å². The maximum absolute atomic E-state index is 12.2. The highest BCUT2D eigenvalue weighted by Gasteiger charge is 2.15. The van der Waals surface area contributed by atoms with E-state index in [2.05, 4.69) is 10.6 Å². The van der Waals surface area contributed by atoms with Crippen LogP contribution in [0.1, 0.15) is 15.9 Å². The van der Waals surface area contributed by atoms with E-state index in [9.17, 15) is 9.59 Å². The van der Waals surface area contributed by atoms with Crippen molar-refractivity contribution in [2.24, 2.45) is 0 Å². The fourth-order valence-electron chi connectivity index (χ4n) is 2.52. The van der Waals surface area contributed by atoms with E-state index in [1.165, 1.54) is 0 Å². The van der Waals surface area contributed by atoms with Gasteiger partial charge in [-0.3, -0.25) is 4.79 Å². The van der Waals surface area contributed by atoms with Gasteiger partial charge in [-0.1, -0.05) is 18.2 Å². The van der Waals surface area contributed by atoms with Crippen LogP contribution < -0.4 is 20.1 Å². The minimum atomic E-state index is -0.616. The molecule has 0 aliphatic carbocycles. The van der Waals surface area contributed by atoms with Crippen molar-refractivity contribution in [1.29, 1.82) is 0 Å². The van der Waals surface area contributed by atoms with Crippen molar-refractivity contribution < 1.29 is 28.9 Å². The van der Waals surface area contributed by atoms with Gasteiger partial charge in [0.25, 0.3) is 5.91 Å². The lowest BCUT2D eigenvalue weighted by Gasteiger charge is -2.11. The summed E-state index contributed by atoms with van der Waals surface area (Å²) in [6, 6.07) is 12.1. The smallest absolute Gasteiger partial charge is 0.340 e. The zero-order chi connectivity index (χ0) is 19.1. The standard InChI is InChI=1S/C19H20N2O6/c22-8-7-20-15-4-2-1-3-14(15)19(24)25-11-18(23)21-10-13-5-6-16-17(9-13)27-12-26-16/h1-6,9,20,22H,7-8,10-12H2,(H,21,23). The Bertz CT molecular complexity index is 824. The maximum Gasteiger partial charge on any atom is 0.340 e. The van der Waals surface area contributed by atoms with Gasteiger partial charge in [0.15, 0.2) is 18.1 Å². The van der Waals surface area contributed by atoms with Gasteiger partial charge in [-0.15, -0.1) is 0 Å². The van der Waals surface area contributed by atoms with Gasteiger partial charge in [0.1, 0.15) is 0 Å². The molecule has 0 fully saturated rings. The minimum absolute atomic E-state index is 0.0638. The molecule has 8 heteroatoms. The number of para-hydroxylation sites is 1. The Morgan fingerprint density at radius 3 is 2.78 bits per heavy atom. The van der Waals surface area contributed by atoms with E-state index in [1.807, 2.05) is 6.07 Å². The lowest BCUT2D eigenvalue weighted by Crippen LogP contribution is -2.28. The fourth-order valence-corrected chi connectivity index (χ4v) is 2.52. The molecule has 2 aromatic carbocycles. The number of anilines is 1. The molecule has 0 saturated carbocycles. The first-order valence-corrected chi connectivity index (χ1v) is 8.43. The molecule has 0 bridgehead atoms. The summed E-state index contributed by atoms with van der Waals surface area (Å²) in [7, 11) is 0. The van der Waals surface area contributed by atoms with Crippen molar-refractivity contribution in [3.05, 3.63) is 53.6 Å². The number of carbonyl (C=O) groups excluding carboxylic acids is 2. The summed E-state index contributed by atoms with van der Waals surface area (Å²) in [4.78, 5) is 24.2. The molecule has 0 aromatic heterocycles. The molecule has 3 rings (SSSR count). The fraction of sp³-hybridized carbons (Fsp3) is 0.263. The number of hydrogen-bond donors (Lipinski definition) is 3. The van der Waals surface area contributed by atoms with E-state index in [1.54, 1.807) is 36.4 Å². The highest BCUT2D eigenvalue weighted by atomic mass is 16.7. The molecular weight excluding hydrogens is 352 g/mol. The van der Waals surface area contributed by atoms with Crippen molar-refractivity contribution in [3.8, 4) is 11.5 Å². The molecule has 1 aliphatic heterocycles. The van der Waals surface area contributed by atoms with E-state index >= 15 is 0 Å². The van der Waals surface area contributed by atoms with Crippen LogP contribution >= 0.6 is 0 Å². The number of nitrogens with one attached hydrogen (secondary N) is 2. The molecule has 27 heavy (non-hydrogen) atoms. The number of aliphatic hydroxyl groups excluding tert-OH is 1. The lowest BCUT2D eigenvalue weighted by atomic mass is 10.2. The predicted octanol–water partition coefficient (Wildman–Crippen LogP) is 1.29. The van der Waals surface area contributed by atoms with Crippen molar-refractivity contribution in [2.45, 2.75) is 6.54 Å². The summed E-state index contributed by atoms with van der Waals surface area (Å²) in [6.07, 6.45) is 0. The van der Waals surface area contributed by atoms with Gasteiger partial charge in [0.2, 0.25) is 6.79 Å². The molecule has 142 valence electrons. The third-order valence-electron chi connectivity index (χ3n) is 3.84. The summed E-state index contributed by atoms with van der Waals surface area (Å²) in [6.45, 7) is 0.321. The molecule has 0 saturated heterocycles. The zero-order valence-electron chi connectivity index (χ0n) is 14.6. The average molecular weight is 372 g/mol. The Morgan fingerprint density at radius 2 is 1.93 bits per heavy atom. The first-order valence-electron chi connectivity index (χ1n) is 8.43. The van der Waals surface area contributed by atoms with Crippen LogP contribution in [-0.2, 0) is 16.1 Å². The van der Waals surface area contributed by atoms with Crippen LogP contribution in [0.2, 0.25) is 0 Å². The Morgan fingerprint density at radius 1 is 1.11 bits per heavy atom. The number of esters is 1. The number of carbonyl (C=O) groups is 2. The highest BCUT2D eigenvalue weighted by molar-refractivity contribution is 5.96. The Hall–Kier alpha value is -3.26. The molecule has 2 aromatic rings. The van der Waals surface area contributed by atoms with Crippen LogP contribution in [-0.4, -0.2) is 43.5 Å². The van der Waals surface area contributed by atoms with Crippen LogP contribution in [0.3, 0.4) is 0 Å². The molecular formula is C19H20N2O6. The van der Waals surface area contributed by atoms with Crippen LogP contribution in [0.25, 0.3) is 0 Å². The number of amides is 1. The molecule has 0 radical (unpaired) electrons. The Labute approximate surface area is 156 Å². The molecule has 0 spiro atoms. The summed E-state index contributed by atoms with van der Waals surface area (Å²) in [5, 5.41) is 14.5. The first-order chi connectivity index (χ1) is 13.2. The largest absolute Gasteiger partial charge is 0.454 e. The summed E-state index contributed by atoms with van der Waals surface area (Å²) >= 11 is 0. The zero-order valence-corrected chi connectivity index (χ0v) is 14.6. The molecule has 0 atom stereocenters. The van der Waals surface area contributed by atoms with E-state index in [-0.39, 0.29) is 19.9 Å². The summed E-state index contributed by atoms with van der Waals surface area (Å²) in [5.74, 6) is 0.281. The SMILES string of the molecule is O=C(COC(=O)c1ccccc1NCCO)NCc1ccc2c(c1)OCO2. The van der Waals surface area contributed by atoms with Gasteiger partial charge in [0, 0.05) is 18.8 Å². The molecule has 3 N–H and O–H groups in total. The highest BCUT2D eigenvalue weighted by Crippen LogP contribution is 2.32. The van der Waals surface area contributed by atoms with Crippen molar-refractivity contribution in [2.75, 3.05) is 31.9 Å². The summed E-state index contributed by atoms with van der Waals surface area (Å²) < 4.78 is 15.6. The van der Waals surface area contributed by atoms with Crippen LogP contribution in [0.4, 0.5) is 5.69 Å². The van der Waals surface area contributed by atoms with Crippen molar-refractivity contribution >= 4 is 17.6 Å². The van der Waals surface area contributed by atoms with Crippen molar-refractivity contribution in [1.82, 2.24) is 5.32 Å². The predicted molar refractivity (Wildman–Crippen MR) is 96.7 cm³/mol. The second-order valence-corrected chi connectivity index (χ2v) is 5.74. The number of ether oxygens (including phenoxy) is 3. The number of rotatable bonds is 8. The summed E-state index contributed by atoms with van der Waals surface area (Å²) in [5.41, 5.74) is 1.68. The molecule has 1 heterocycles. The normalized spacial score (nSPS) is 11.7. The second kappa shape index (κ2) is 8.91. The molecule has 1 aliphatic rings.